The first-order valence-electron chi connectivity index (χ1n) is 12.2. The number of amides is 1. The van der Waals surface area contributed by atoms with E-state index in [4.69, 9.17) is 0 Å². The van der Waals surface area contributed by atoms with E-state index < -0.39 is 0 Å². The van der Waals surface area contributed by atoms with Gasteiger partial charge in [-0.25, -0.2) is 4.79 Å². The number of likely N-dealkylation sites (tertiary alicyclic amines) is 1. The zero-order valence-electron chi connectivity index (χ0n) is 19.9. The van der Waals surface area contributed by atoms with Gasteiger partial charge < -0.3 is 4.90 Å². The number of carbonyl (C=O) groups is 1. The summed E-state index contributed by atoms with van der Waals surface area (Å²) in [6.07, 6.45) is 3.26. The molecular formula is C29H29N3O3. The number of hydrogen-bond donors (Lipinski definition) is 0. The summed E-state index contributed by atoms with van der Waals surface area (Å²) < 4.78 is 2.95. The molecule has 1 saturated heterocycles. The molecule has 0 bridgehead atoms. The van der Waals surface area contributed by atoms with Crippen LogP contribution in [0.2, 0.25) is 0 Å². The number of fused-ring (bicyclic) bond motifs is 1. The van der Waals surface area contributed by atoms with Crippen molar-refractivity contribution < 1.29 is 4.79 Å². The molecule has 0 unspecified atom stereocenters. The fourth-order valence-corrected chi connectivity index (χ4v) is 4.75. The highest BCUT2D eigenvalue weighted by Crippen LogP contribution is 2.15. The highest BCUT2D eigenvalue weighted by Gasteiger charge is 2.18. The molecule has 0 aliphatic carbocycles. The summed E-state index contributed by atoms with van der Waals surface area (Å²) in [6, 6.07) is 22.5. The van der Waals surface area contributed by atoms with Crippen molar-refractivity contribution in [3.8, 4) is 0 Å². The number of benzene rings is 3. The standard InChI is InChI=1S/C29H29N3O3/c1-21-9-11-22(12-10-21)19-31-26-8-4-3-7-25(26)28(34)32(29(31)35)20-23-13-15-24(16-14-23)27(33)30-17-5-2-6-18-30/h3-4,7-16H,2,5-6,17-20H2,1H3. The van der Waals surface area contributed by atoms with Gasteiger partial charge in [-0.1, -0.05) is 54.1 Å². The molecular weight excluding hydrogens is 438 g/mol. The normalized spacial score (nSPS) is 13.8. The Bertz CT molecular complexity index is 1480. The van der Waals surface area contributed by atoms with Crippen LogP contribution < -0.4 is 11.2 Å². The van der Waals surface area contributed by atoms with Crippen LogP contribution in [0.4, 0.5) is 0 Å². The second-order valence-electron chi connectivity index (χ2n) is 9.31. The maximum Gasteiger partial charge on any atom is 0.332 e. The SMILES string of the molecule is Cc1ccc(Cn2c(=O)n(Cc3ccc(C(=O)N4CCCCC4)cc3)c(=O)c3ccccc32)cc1. The van der Waals surface area contributed by atoms with Crippen molar-refractivity contribution >= 4 is 16.8 Å². The van der Waals surface area contributed by atoms with Crippen molar-refractivity contribution in [1.29, 1.82) is 0 Å². The van der Waals surface area contributed by atoms with Crippen molar-refractivity contribution in [3.05, 3.63) is 116 Å². The molecule has 35 heavy (non-hydrogen) atoms. The highest BCUT2D eigenvalue weighted by molar-refractivity contribution is 5.94. The summed E-state index contributed by atoms with van der Waals surface area (Å²) in [5.41, 5.74) is 3.56. The van der Waals surface area contributed by atoms with Gasteiger partial charge in [0.2, 0.25) is 0 Å². The number of aryl methyl sites for hydroxylation is 1. The molecule has 0 radical (unpaired) electrons. The van der Waals surface area contributed by atoms with Crippen LogP contribution in [-0.4, -0.2) is 33.0 Å². The van der Waals surface area contributed by atoms with Crippen molar-refractivity contribution in [3.63, 3.8) is 0 Å². The van der Waals surface area contributed by atoms with Crippen LogP contribution in [0.1, 0.15) is 46.3 Å². The van der Waals surface area contributed by atoms with Crippen LogP contribution >= 0.6 is 0 Å². The summed E-state index contributed by atoms with van der Waals surface area (Å²) >= 11 is 0. The van der Waals surface area contributed by atoms with Crippen LogP contribution in [0.3, 0.4) is 0 Å². The average Bonchev–Trinajstić information content (AvgIpc) is 2.90. The van der Waals surface area contributed by atoms with Crippen molar-refractivity contribution in [2.24, 2.45) is 0 Å². The average molecular weight is 468 g/mol. The smallest absolute Gasteiger partial charge is 0.332 e. The van der Waals surface area contributed by atoms with Gasteiger partial charge in [-0.2, -0.15) is 0 Å². The molecule has 6 heteroatoms. The maximum atomic E-state index is 13.5. The Kier molecular flexibility index (Phi) is 6.36. The molecule has 0 saturated carbocycles. The van der Waals surface area contributed by atoms with E-state index in [1.54, 1.807) is 22.8 Å². The molecule has 0 N–H and O–H groups in total. The Morgan fingerprint density at radius 2 is 1.34 bits per heavy atom. The van der Waals surface area contributed by atoms with E-state index in [1.165, 1.54) is 11.0 Å². The Morgan fingerprint density at radius 1 is 0.743 bits per heavy atom. The van der Waals surface area contributed by atoms with E-state index in [0.29, 0.717) is 23.0 Å². The van der Waals surface area contributed by atoms with Crippen molar-refractivity contribution in [2.45, 2.75) is 39.3 Å². The highest BCUT2D eigenvalue weighted by atomic mass is 16.2. The van der Waals surface area contributed by atoms with Crippen molar-refractivity contribution in [1.82, 2.24) is 14.0 Å². The minimum atomic E-state index is -0.345. The molecule has 3 aromatic carbocycles. The topological polar surface area (TPSA) is 64.3 Å². The van der Waals surface area contributed by atoms with Gasteiger partial charge in [0, 0.05) is 18.7 Å². The summed E-state index contributed by atoms with van der Waals surface area (Å²) in [5.74, 6) is 0.0413. The van der Waals surface area contributed by atoms with E-state index in [-0.39, 0.29) is 23.7 Å². The second-order valence-corrected chi connectivity index (χ2v) is 9.31. The Hall–Kier alpha value is -3.93. The summed E-state index contributed by atoms with van der Waals surface area (Å²) in [5, 5.41) is 0.510. The van der Waals surface area contributed by atoms with Crippen LogP contribution in [-0.2, 0) is 13.1 Å². The van der Waals surface area contributed by atoms with E-state index >= 15 is 0 Å². The van der Waals surface area contributed by atoms with Crippen LogP contribution in [0.15, 0.2) is 82.4 Å². The van der Waals surface area contributed by atoms with Gasteiger partial charge in [-0.05, 0) is 61.6 Å². The number of para-hydroxylation sites is 1. The van der Waals surface area contributed by atoms with Gasteiger partial charge in [0.05, 0.1) is 24.0 Å². The number of hydrogen-bond acceptors (Lipinski definition) is 3. The van der Waals surface area contributed by atoms with Gasteiger partial charge in [0.1, 0.15) is 0 Å². The van der Waals surface area contributed by atoms with E-state index in [9.17, 15) is 14.4 Å². The molecule has 2 heterocycles. The monoisotopic (exact) mass is 467 g/mol. The van der Waals surface area contributed by atoms with Crippen LogP contribution in [0.25, 0.3) is 10.9 Å². The third kappa shape index (κ3) is 4.69. The lowest BCUT2D eigenvalue weighted by Gasteiger charge is -2.26. The molecule has 1 fully saturated rings. The first-order chi connectivity index (χ1) is 17.0. The number of piperidine rings is 1. The Balaban J connectivity index is 1.48. The third-order valence-electron chi connectivity index (χ3n) is 6.78. The number of nitrogens with zero attached hydrogens (tertiary/aromatic N) is 3. The minimum Gasteiger partial charge on any atom is -0.339 e. The summed E-state index contributed by atoms with van der Waals surface area (Å²) in [6.45, 7) is 4.15. The van der Waals surface area contributed by atoms with Gasteiger partial charge in [-0.15, -0.1) is 0 Å². The molecule has 0 spiro atoms. The first-order valence-corrected chi connectivity index (χ1v) is 12.2. The van der Waals surface area contributed by atoms with Gasteiger partial charge >= 0.3 is 5.69 Å². The van der Waals surface area contributed by atoms with E-state index in [1.807, 2.05) is 66.4 Å². The van der Waals surface area contributed by atoms with Gasteiger partial charge in [-0.3, -0.25) is 18.7 Å². The molecule has 1 amide bonds. The van der Waals surface area contributed by atoms with Gasteiger partial charge in [0.15, 0.2) is 0 Å². The summed E-state index contributed by atoms with van der Waals surface area (Å²) in [7, 11) is 0. The predicted molar refractivity (Wildman–Crippen MR) is 138 cm³/mol. The zero-order chi connectivity index (χ0) is 24.4. The maximum absolute atomic E-state index is 13.5. The molecule has 0 atom stereocenters. The Morgan fingerprint density at radius 3 is 2.03 bits per heavy atom. The number of aromatic nitrogens is 2. The molecule has 178 valence electrons. The van der Waals surface area contributed by atoms with E-state index in [0.717, 1.165) is 42.6 Å². The quantitative estimate of drug-likeness (QED) is 0.442. The lowest BCUT2D eigenvalue weighted by molar-refractivity contribution is 0.0724. The summed E-state index contributed by atoms with van der Waals surface area (Å²) in [4.78, 5) is 41.5. The molecule has 1 aliphatic rings. The molecule has 5 rings (SSSR count). The van der Waals surface area contributed by atoms with Gasteiger partial charge in [0.25, 0.3) is 11.5 Å². The van der Waals surface area contributed by atoms with Crippen LogP contribution in [0.5, 0.6) is 0 Å². The Labute approximate surface area is 204 Å². The predicted octanol–water partition coefficient (Wildman–Crippen LogP) is 4.19. The molecule has 1 aromatic heterocycles. The zero-order valence-corrected chi connectivity index (χ0v) is 19.9. The third-order valence-corrected chi connectivity index (χ3v) is 6.78. The minimum absolute atomic E-state index is 0.0413. The number of carbonyl (C=O) groups excluding carboxylic acids is 1. The number of rotatable bonds is 5. The largest absolute Gasteiger partial charge is 0.339 e. The molecule has 1 aliphatic heterocycles. The van der Waals surface area contributed by atoms with Crippen LogP contribution in [0, 0.1) is 6.92 Å². The van der Waals surface area contributed by atoms with Crippen molar-refractivity contribution in [2.75, 3.05) is 13.1 Å². The fraction of sp³-hybridized carbons (Fsp3) is 0.276. The molecule has 6 nitrogen and oxygen atoms in total. The first kappa shape index (κ1) is 22.8. The molecule has 4 aromatic rings. The van der Waals surface area contributed by atoms with E-state index in [2.05, 4.69) is 0 Å². The second kappa shape index (κ2) is 9.74. The lowest BCUT2D eigenvalue weighted by atomic mass is 10.1. The fourth-order valence-electron chi connectivity index (χ4n) is 4.75. The lowest BCUT2D eigenvalue weighted by Crippen LogP contribution is -2.40.